The van der Waals surface area contributed by atoms with Gasteiger partial charge in [0, 0.05) is 12.6 Å². The van der Waals surface area contributed by atoms with Gasteiger partial charge in [0.2, 0.25) is 0 Å². The summed E-state index contributed by atoms with van der Waals surface area (Å²) in [5.41, 5.74) is -0.585. The fraction of sp³-hybridized carbons (Fsp3) is 0.938. The molecule has 0 aromatic carbocycles. The fourth-order valence-corrected chi connectivity index (χ4v) is 2.92. The van der Waals surface area contributed by atoms with Gasteiger partial charge in [-0.3, -0.25) is 4.79 Å². The molecular weight excluding hydrogens is 252 g/mol. The van der Waals surface area contributed by atoms with Crippen LogP contribution in [-0.2, 0) is 9.53 Å². The minimum absolute atomic E-state index is 0.134. The first-order valence-electron chi connectivity index (χ1n) is 8.05. The highest BCUT2D eigenvalue weighted by Crippen LogP contribution is 2.28. The Balaban J connectivity index is 2.55. The van der Waals surface area contributed by atoms with Crippen LogP contribution in [-0.4, -0.2) is 49.2 Å². The summed E-state index contributed by atoms with van der Waals surface area (Å²) in [6, 6.07) is 0.365. The highest BCUT2D eigenvalue weighted by Gasteiger charge is 2.36. The van der Waals surface area contributed by atoms with Gasteiger partial charge in [-0.2, -0.15) is 0 Å². The van der Waals surface area contributed by atoms with Gasteiger partial charge in [-0.25, -0.2) is 0 Å². The van der Waals surface area contributed by atoms with Gasteiger partial charge < -0.3 is 15.0 Å². The number of hydrogen-bond acceptors (Lipinski definition) is 4. The van der Waals surface area contributed by atoms with E-state index < -0.39 is 5.54 Å². The van der Waals surface area contributed by atoms with E-state index in [0.717, 1.165) is 25.4 Å². The predicted molar refractivity (Wildman–Crippen MR) is 82.8 cm³/mol. The quantitative estimate of drug-likeness (QED) is 0.660. The van der Waals surface area contributed by atoms with E-state index >= 15 is 0 Å². The molecule has 1 N–H and O–H groups in total. The van der Waals surface area contributed by atoms with Crippen LogP contribution < -0.4 is 5.32 Å². The zero-order valence-corrected chi connectivity index (χ0v) is 13.9. The number of likely N-dealkylation sites (N-methyl/N-ethyl adjacent to an activating group) is 1. The van der Waals surface area contributed by atoms with Crippen molar-refractivity contribution in [1.82, 2.24) is 10.2 Å². The zero-order chi connectivity index (χ0) is 15.2. The van der Waals surface area contributed by atoms with Crippen LogP contribution in [0.15, 0.2) is 0 Å². The summed E-state index contributed by atoms with van der Waals surface area (Å²) >= 11 is 0. The lowest BCUT2D eigenvalue weighted by Gasteiger charge is -2.37. The van der Waals surface area contributed by atoms with E-state index in [4.69, 9.17) is 4.74 Å². The maximum absolute atomic E-state index is 12.2. The molecule has 0 aromatic rings. The summed E-state index contributed by atoms with van der Waals surface area (Å²) in [5, 5.41) is 3.31. The van der Waals surface area contributed by atoms with E-state index in [1.54, 1.807) is 0 Å². The van der Waals surface area contributed by atoms with Crippen LogP contribution in [0.4, 0.5) is 0 Å². The van der Waals surface area contributed by atoms with Crippen molar-refractivity contribution in [2.75, 3.05) is 26.7 Å². The summed E-state index contributed by atoms with van der Waals surface area (Å²) in [6.45, 7) is 10.4. The number of rotatable bonds is 9. The van der Waals surface area contributed by atoms with Crippen LogP contribution in [0, 0.1) is 5.92 Å². The molecule has 4 nitrogen and oxygen atoms in total. The van der Waals surface area contributed by atoms with Crippen LogP contribution in [0.2, 0.25) is 0 Å². The molecule has 1 rings (SSSR count). The Morgan fingerprint density at radius 1 is 1.45 bits per heavy atom. The highest BCUT2D eigenvalue weighted by atomic mass is 16.5. The Labute approximate surface area is 124 Å². The lowest BCUT2D eigenvalue weighted by Crippen LogP contribution is -2.54. The van der Waals surface area contributed by atoms with Crippen molar-refractivity contribution in [3.05, 3.63) is 0 Å². The largest absolute Gasteiger partial charge is 0.465 e. The number of ether oxygens (including phenoxy) is 1. The molecule has 0 saturated heterocycles. The highest BCUT2D eigenvalue weighted by molar-refractivity contribution is 5.80. The maximum Gasteiger partial charge on any atom is 0.326 e. The number of nitrogens with zero attached hydrogens (tertiary/aromatic N) is 1. The standard InChI is InChI=1S/C16H32N2O2/c1-6-17-16(4,15(19)20-7-2)11-13(3)18(5)12-14-9-8-10-14/h13-14,17H,6-12H2,1-5H3. The van der Waals surface area contributed by atoms with Gasteiger partial charge in [-0.15, -0.1) is 0 Å². The summed E-state index contributed by atoms with van der Waals surface area (Å²) < 4.78 is 5.23. The van der Waals surface area contributed by atoms with Crippen molar-refractivity contribution in [3.63, 3.8) is 0 Å². The van der Waals surface area contributed by atoms with Crippen LogP contribution >= 0.6 is 0 Å². The van der Waals surface area contributed by atoms with E-state index in [1.165, 1.54) is 19.3 Å². The molecule has 0 amide bonds. The Morgan fingerprint density at radius 2 is 2.10 bits per heavy atom. The minimum Gasteiger partial charge on any atom is -0.465 e. The van der Waals surface area contributed by atoms with Crippen LogP contribution in [0.1, 0.15) is 53.4 Å². The second-order valence-electron chi connectivity index (χ2n) is 6.37. The van der Waals surface area contributed by atoms with Gasteiger partial charge >= 0.3 is 5.97 Å². The van der Waals surface area contributed by atoms with Crippen molar-refractivity contribution in [2.24, 2.45) is 5.92 Å². The van der Waals surface area contributed by atoms with E-state index in [0.29, 0.717) is 12.6 Å². The molecule has 0 bridgehead atoms. The van der Waals surface area contributed by atoms with Crippen molar-refractivity contribution < 1.29 is 9.53 Å². The molecule has 0 heterocycles. The molecule has 2 atom stereocenters. The Morgan fingerprint density at radius 3 is 2.55 bits per heavy atom. The zero-order valence-electron chi connectivity index (χ0n) is 13.9. The maximum atomic E-state index is 12.2. The molecule has 118 valence electrons. The first-order valence-corrected chi connectivity index (χ1v) is 8.05. The molecule has 0 aromatic heterocycles. The van der Waals surface area contributed by atoms with Crippen molar-refractivity contribution in [2.45, 2.75) is 65.0 Å². The predicted octanol–water partition coefficient (Wildman–Crippen LogP) is 2.43. The minimum atomic E-state index is -0.585. The van der Waals surface area contributed by atoms with Crippen LogP contribution in [0.5, 0.6) is 0 Å². The summed E-state index contributed by atoms with van der Waals surface area (Å²) in [7, 11) is 2.17. The van der Waals surface area contributed by atoms with E-state index in [9.17, 15) is 4.79 Å². The molecule has 0 spiro atoms. The molecule has 1 saturated carbocycles. The van der Waals surface area contributed by atoms with Crippen LogP contribution in [0.25, 0.3) is 0 Å². The molecule has 2 unspecified atom stereocenters. The number of carbonyl (C=O) groups excluding carboxylic acids is 1. The monoisotopic (exact) mass is 284 g/mol. The van der Waals surface area contributed by atoms with Crippen LogP contribution in [0.3, 0.4) is 0 Å². The molecular formula is C16H32N2O2. The van der Waals surface area contributed by atoms with Gasteiger partial charge in [-0.05, 0) is 59.5 Å². The third kappa shape index (κ3) is 4.74. The average molecular weight is 284 g/mol. The van der Waals surface area contributed by atoms with Crippen molar-refractivity contribution in [1.29, 1.82) is 0 Å². The molecule has 0 aliphatic heterocycles. The molecule has 1 aliphatic carbocycles. The van der Waals surface area contributed by atoms with Crippen molar-refractivity contribution in [3.8, 4) is 0 Å². The van der Waals surface area contributed by atoms with E-state index in [1.807, 2.05) is 20.8 Å². The lowest BCUT2D eigenvalue weighted by molar-refractivity contribution is -0.151. The first kappa shape index (κ1) is 17.4. The van der Waals surface area contributed by atoms with E-state index in [2.05, 4.69) is 24.2 Å². The molecule has 4 heteroatoms. The van der Waals surface area contributed by atoms with E-state index in [-0.39, 0.29) is 5.97 Å². The van der Waals surface area contributed by atoms with Gasteiger partial charge in [0.1, 0.15) is 5.54 Å². The lowest BCUT2D eigenvalue weighted by atomic mass is 9.84. The summed E-state index contributed by atoms with van der Waals surface area (Å²) in [5.74, 6) is 0.723. The molecule has 1 fully saturated rings. The first-order chi connectivity index (χ1) is 9.42. The topological polar surface area (TPSA) is 41.6 Å². The fourth-order valence-electron chi connectivity index (χ4n) is 2.92. The summed E-state index contributed by atoms with van der Waals surface area (Å²) in [4.78, 5) is 14.6. The molecule has 20 heavy (non-hydrogen) atoms. The Hall–Kier alpha value is -0.610. The third-order valence-electron chi connectivity index (χ3n) is 4.52. The number of carbonyl (C=O) groups is 1. The smallest absolute Gasteiger partial charge is 0.326 e. The number of esters is 1. The van der Waals surface area contributed by atoms with Gasteiger partial charge in [0.05, 0.1) is 6.61 Å². The Bertz CT molecular complexity index is 305. The third-order valence-corrected chi connectivity index (χ3v) is 4.52. The second-order valence-corrected chi connectivity index (χ2v) is 6.37. The number of nitrogens with one attached hydrogen (secondary N) is 1. The molecule has 1 aliphatic rings. The van der Waals surface area contributed by atoms with Crippen molar-refractivity contribution >= 4 is 5.97 Å². The number of hydrogen-bond donors (Lipinski definition) is 1. The SMILES string of the molecule is CCNC(C)(CC(C)N(C)CC1CCC1)C(=O)OCC. The van der Waals surface area contributed by atoms with Gasteiger partial charge in [0.15, 0.2) is 0 Å². The van der Waals surface area contributed by atoms with Gasteiger partial charge in [0.25, 0.3) is 0 Å². The second kappa shape index (κ2) is 7.99. The normalized spacial score (nSPS) is 20.3. The van der Waals surface area contributed by atoms with Gasteiger partial charge in [-0.1, -0.05) is 13.3 Å². The molecule has 0 radical (unpaired) electrons. The Kier molecular flexibility index (Phi) is 6.96. The summed E-state index contributed by atoms with van der Waals surface area (Å²) in [6.07, 6.45) is 4.88. The average Bonchev–Trinajstić information content (AvgIpc) is 2.33.